The SMILES string of the molecule is CCCCCC(C)(CC)C(=O)[O-].CCCCCC(C)(CC)C(=O)[O-].CCCCCC(C)(CC)C(=O)[O-].[Ho+3]. The Bertz CT molecular complexity index is 516. The average molecular weight is 679 g/mol. The standard InChI is InChI=1S/3C10H20O2.Ho/c3*1-4-6-7-8-10(3,5-2)9(11)12;/h3*4-8H2,1-3H3,(H,11,12);/q;;;+3/p-3. The van der Waals surface area contributed by atoms with E-state index in [1.54, 1.807) is 20.8 Å². The fourth-order valence-corrected chi connectivity index (χ4v) is 3.57. The van der Waals surface area contributed by atoms with Crippen molar-refractivity contribution >= 4 is 17.9 Å². The molecule has 0 aliphatic heterocycles. The summed E-state index contributed by atoms with van der Waals surface area (Å²) in [6.45, 7) is 17.4. The molecule has 0 N–H and O–H groups in total. The van der Waals surface area contributed by atoms with Gasteiger partial charge in [-0.2, -0.15) is 0 Å². The van der Waals surface area contributed by atoms with Crippen LogP contribution >= 0.6 is 0 Å². The Morgan fingerprint density at radius 2 is 0.649 bits per heavy atom. The Labute approximate surface area is 258 Å². The van der Waals surface area contributed by atoms with Crippen LogP contribution in [0.4, 0.5) is 0 Å². The van der Waals surface area contributed by atoms with Crippen LogP contribution < -0.4 is 15.3 Å². The minimum absolute atomic E-state index is 0. The maximum Gasteiger partial charge on any atom is 3.00 e. The molecule has 0 amide bonds. The maximum absolute atomic E-state index is 10.7. The Balaban J connectivity index is -0.000000218. The molecule has 0 saturated carbocycles. The molecular formula is C30H57HoO6. The van der Waals surface area contributed by atoms with Crippen LogP contribution in [-0.4, -0.2) is 17.9 Å². The number of rotatable bonds is 18. The van der Waals surface area contributed by atoms with Gasteiger partial charge in [0.25, 0.3) is 0 Å². The third kappa shape index (κ3) is 20.3. The van der Waals surface area contributed by atoms with Gasteiger partial charge in [0.1, 0.15) is 0 Å². The van der Waals surface area contributed by atoms with Crippen molar-refractivity contribution in [3.63, 3.8) is 0 Å². The summed E-state index contributed by atoms with van der Waals surface area (Å²) >= 11 is 0. The molecule has 0 fully saturated rings. The molecule has 0 heterocycles. The predicted octanol–water partition coefficient (Wildman–Crippen LogP) is 5.20. The minimum atomic E-state index is -0.902. The van der Waals surface area contributed by atoms with Gasteiger partial charge in [0.05, 0.1) is 0 Å². The number of hydrogen-bond acceptors (Lipinski definition) is 6. The summed E-state index contributed by atoms with van der Waals surface area (Å²) in [6, 6.07) is 0. The molecule has 3 unspecified atom stereocenters. The van der Waals surface area contributed by atoms with Gasteiger partial charge in [-0.25, -0.2) is 0 Å². The number of carboxylic acids is 3. The maximum atomic E-state index is 10.7. The first kappa shape index (κ1) is 43.7. The van der Waals surface area contributed by atoms with Gasteiger partial charge in [0, 0.05) is 34.2 Å². The van der Waals surface area contributed by atoms with Crippen LogP contribution in [0.5, 0.6) is 0 Å². The molecule has 0 radical (unpaired) electrons. The Morgan fingerprint density at radius 1 is 0.459 bits per heavy atom. The molecule has 0 saturated heterocycles. The molecule has 6 nitrogen and oxygen atoms in total. The van der Waals surface area contributed by atoms with Crippen LogP contribution in [0.1, 0.15) is 159 Å². The van der Waals surface area contributed by atoms with E-state index in [-0.39, 0.29) is 37.7 Å². The molecule has 37 heavy (non-hydrogen) atoms. The number of carbonyl (C=O) groups is 3. The molecule has 0 aliphatic carbocycles. The normalized spacial score (nSPS) is 15.2. The second-order valence-corrected chi connectivity index (χ2v) is 11.0. The van der Waals surface area contributed by atoms with Gasteiger partial charge in [-0.3, -0.25) is 0 Å². The van der Waals surface area contributed by atoms with Gasteiger partial charge in [-0.1, -0.05) is 120 Å². The van der Waals surface area contributed by atoms with Crippen molar-refractivity contribution in [2.45, 2.75) is 159 Å². The molecular weight excluding hydrogens is 621 g/mol. The van der Waals surface area contributed by atoms with Gasteiger partial charge in [-0.15, -0.1) is 0 Å². The van der Waals surface area contributed by atoms with Crippen molar-refractivity contribution in [3.05, 3.63) is 0 Å². The van der Waals surface area contributed by atoms with E-state index in [2.05, 4.69) is 20.8 Å². The van der Waals surface area contributed by atoms with Crippen LogP contribution in [0.3, 0.4) is 0 Å². The first-order valence-electron chi connectivity index (χ1n) is 14.3. The zero-order valence-corrected chi connectivity index (χ0v) is 27.3. The van der Waals surface area contributed by atoms with Gasteiger partial charge in [0.2, 0.25) is 0 Å². The van der Waals surface area contributed by atoms with Crippen LogP contribution in [0, 0.1) is 54.0 Å². The minimum Gasteiger partial charge on any atom is -0.550 e. The van der Waals surface area contributed by atoms with E-state index >= 15 is 0 Å². The van der Waals surface area contributed by atoms with E-state index in [1.807, 2.05) is 20.8 Å². The topological polar surface area (TPSA) is 120 Å². The summed E-state index contributed by atoms with van der Waals surface area (Å²) in [4.78, 5) is 32.2. The van der Waals surface area contributed by atoms with Crippen molar-refractivity contribution in [1.29, 1.82) is 0 Å². The molecule has 0 spiro atoms. The molecule has 7 heteroatoms. The summed E-state index contributed by atoms with van der Waals surface area (Å²) in [5.74, 6) is -2.71. The van der Waals surface area contributed by atoms with Gasteiger partial charge < -0.3 is 29.7 Å². The fourth-order valence-electron chi connectivity index (χ4n) is 3.57. The van der Waals surface area contributed by atoms with Crippen LogP contribution in [0.15, 0.2) is 0 Å². The molecule has 0 aliphatic rings. The predicted molar refractivity (Wildman–Crippen MR) is 143 cm³/mol. The van der Waals surface area contributed by atoms with Gasteiger partial charge >= 0.3 is 37.7 Å². The molecule has 3 atom stereocenters. The van der Waals surface area contributed by atoms with Gasteiger partial charge in [-0.05, 0) is 38.5 Å². The summed E-state index contributed by atoms with van der Waals surface area (Å²) in [5, 5.41) is 32.2. The monoisotopic (exact) mass is 678 g/mol. The molecule has 224 valence electrons. The van der Waals surface area contributed by atoms with Crippen molar-refractivity contribution in [3.8, 4) is 0 Å². The van der Waals surface area contributed by atoms with Crippen LogP contribution in [-0.2, 0) is 14.4 Å². The summed E-state index contributed by atoms with van der Waals surface area (Å²) < 4.78 is 0. The quantitative estimate of drug-likeness (QED) is 0.145. The second-order valence-electron chi connectivity index (χ2n) is 11.0. The molecule has 0 aromatic carbocycles. The first-order chi connectivity index (χ1) is 16.7. The van der Waals surface area contributed by atoms with E-state index in [1.165, 1.54) is 0 Å². The van der Waals surface area contributed by atoms with E-state index in [4.69, 9.17) is 0 Å². The largest absolute Gasteiger partial charge is 3.00 e. The second kappa shape index (κ2) is 24.7. The Hall–Kier alpha value is -0.330. The molecule has 0 aromatic rings. The van der Waals surface area contributed by atoms with Crippen LogP contribution in [0.25, 0.3) is 0 Å². The van der Waals surface area contributed by atoms with Crippen molar-refractivity contribution in [2.75, 3.05) is 0 Å². The zero-order chi connectivity index (χ0) is 28.8. The van der Waals surface area contributed by atoms with E-state index in [0.29, 0.717) is 19.3 Å². The van der Waals surface area contributed by atoms with E-state index in [9.17, 15) is 29.7 Å². The first-order valence-corrected chi connectivity index (χ1v) is 14.3. The zero-order valence-electron chi connectivity index (χ0n) is 25.4. The third-order valence-corrected chi connectivity index (χ3v) is 7.82. The summed E-state index contributed by atoms with van der Waals surface area (Å²) in [6.07, 6.45) is 14.0. The third-order valence-electron chi connectivity index (χ3n) is 7.82. The smallest absolute Gasteiger partial charge is 0.550 e. The molecule has 0 aromatic heterocycles. The van der Waals surface area contributed by atoms with Gasteiger partial charge in [0.15, 0.2) is 0 Å². The molecule has 0 bridgehead atoms. The van der Waals surface area contributed by atoms with E-state index < -0.39 is 34.2 Å². The Kier molecular flexibility index (Phi) is 29.2. The van der Waals surface area contributed by atoms with Crippen molar-refractivity contribution < 1.29 is 67.4 Å². The number of unbranched alkanes of at least 4 members (excludes halogenated alkanes) is 6. The Morgan fingerprint density at radius 3 is 0.757 bits per heavy atom. The number of carbonyl (C=O) groups excluding carboxylic acids is 3. The van der Waals surface area contributed by atoms with Crippen molar-refractivity contribution in [1.82, 2.24) is 0 Å². The average Bonchev–Trinajstić information content (AvgIpc) is 2.84. The number of aliphatic carboxylic acids is 3. The van der Waals surface area contributed by atoms with Crippen molar-refractivity contribution in [2.24, 2.45) is 16.2 Å². The van der Waals surface area contributed by atoms with E-state index in [0.717, 1.165) is 77.0 Å². The fraction of sp³-hybridized carbons (Fsp3) is 0.900. The summed E-state index contributed by atoms with van der Waals surface area (Å²) in [7, 11) is 0. The van der Waals surface area contributed by atoms with Crippen LogP contribution in [0.2, 0.25) is 0 Å². The number of carboxylic acid groups (broad SMARTS) is 3. The summed E-state index contributed by atoms with van der Waals surface area (Å²) in [5.41, 5.74) is -1.81. The molecule has 0 rings (SSSR count). The number of hydrogen-bond donors (Lipinski definition) is 0.